The molecule has 0 spiro atoms. The SMILES string of the molecule is ClC(Cc1ncc[nH]1)C1Cc2ccccc2O1. The summed E-state index contributed by atoms with van der Waals surface area (Å²) in [6.45, 7) is 0. The zero-order chi connectivity index (χ0) is 11.7. The van der Waals surface area contributed by atoms with Crippen LogP contribution in [0.1, 0.15) is 11.4 Å². The number of fused-ring (bicyclic) bond motifs is 1. The topological polar surface area (TPSA) is 37.9 Å². The fourth-order valence-corrected chi connectivity index (χ4v) is 2.42. The van der Waals surface area contributed by atoms with Gasteiger partial charge in [0.25, 0.3) is 0 Å². The number of halogens is 1. The molecule has 0 radical (unpaired) electrons. The van der Waals surface area contributed by atoms with E-state index in [4.69, 9.17) is 16.3 Å². The fourth-order valence-electron chi connectivity index (χ4n) is 2.14. The second-order valence-corrected chi connectivity index (χ2v) is 4.78. The second kappa shape index (κ2) is 4.41. The van der Waals surface area contributed by atoms with Crippen molar-refractivity contribution in [3.63, 3.8) is 0 Å². The van der Waals surface area contributed by atoms with Gasteiger partial charge in [-0.3, -0.25) is 0 Å². The monoisotopic (exact) mass is 248 g/mol. The third kappa shape index (κ3) is 2.15. The number of H-pyrrole nitrogens is 1. The van der Waals surface area contributed by atoms with Gasteiger partial charge in [0, 0.05) is 25.2 Å². The minimum absolute atomic E-state index is 0.0409. The number of nitrogens with one attached hydrogen (secondary N) is 1. The molecule has 1 aromatic heterocycles. The normalized spacial score (nSPS) is 19.7. The zero-order valence-electron chi connectivity index (χ0n) is 9.27. The first-order valence-electron chi connectivity index (χ1n) is 5.70. The summed E-state index contributed by atoms with van der Waals surface area (Å²) < 4.78 is 5.84. The predicted octanol–water partition coefficient (Wildman–Crippen LogP) is 2.56. The average molecular weight is 249 g/mol. The number of aromatic amines is 1. The van der Waals surface area contributed by atoms with Crippen molar-refractivity contribution in [3.05, 3.63) is 48.0 Å². The molecule has 0 bridgehead atoms. The first kappa shape index (κ1) is 10.7. The van der Waals surface area contributed by atoms with E-state index in [9.17, 15) is 0 Å². The number of aromatic nitrogens is 2. The van der Waals surface area contributed by atoms with Crippen LogP contribution in [0.3, 0.4) is 0 Å². The van der Waals surface area contributed by atoms with Gasteiger partial charge in [0.1, 0.15) is 17.7 Å². The first-order chi connectivity index (χ1) is 8.33. The Labute approximate surface area is 105 Å². The second-order valence-electron chi connectivity index (χ2n) is 4.22. The van der Waals surface area contributed by atoms with Gasteiger partial charge in [-0.15, -0.1) is 11.6 Å². The third-order valence-electron chi connectivity index (χ3n) is 3.02. The van der Waals surface area contributed by atoms with Crippen LogP contribution in [0.25, 0.3) is 0 Å². The molecule has 0 amide bonds. The van der Waals surface area contributed by atoms with E-state index in [1.165, 1.54) is 5.56 Å². The molecule has 0 saturated heterocycles. The summed E-state index contributed by atoms with van der Waals surface area (Å²) in [7, 11) is 0. The number of nitrogens with zero attached hydrogens (tertiary/aromatic N) is 1. The summed E-state index contributed by atoms with van der Waals surface area (Å²) in [6.07, 6.45) is 5.17. The summed E-state index contributed by atoms with van der Waals surface area (Å²) in [5.74, 6) is 1.87. The van der Waals surface area contributed by atoms with Crippen LogP contribution in [-0.2, 0) is 12.8 Å². The molecule has 2 heterocycles. The van der Waals surface area contributed by atoms with E-state index in [1.54, 1.807) is 6.20 Å². The van der Waals surface area contributed by atoms with Gasteiger partial charge >= 0.3 is 0 Å². The van der Waals surface area contributed by atoms with E-state index in [0.717, 1.165) is 18.0 Å². The molecule has 1 aliphatic rings. The van der Waals surface area contributed by atoms with Crippen molar-refractivity contribution < 1.29 is 4.74 Å². The van der Waals surface area contributed by atoms with Crippen LogP contribution >= 0.6 is 11.6 Å². The lowest BCUT2D eigenvalue weighted by atomic mass is 10.1. The van der Waals surface area contributed by atoms with Gasteiger partial charge < -0.3 is 9.72 Å². The number of hydrogen-bond donors (Lipinski definition) is 1. The maximum absolute atomic E-state index is 6.38. The van der Waals surface area contributed by atoms with Gasteiger partial charge in [0.05, 0.1) is 5.38 Å². The maximum atomic E-state index is 6.38. The standard InChI is InChI=1S/C13H13ClN2O/c14-10(8-13-15-5-6-16-13)12-7-9-3-1-2-4-11(9)17-12/h1-6,10,12H,7-8H2,(H,15,16). The van der Waals surface area contributed by atoms with Crippen molar-refractivity contribution in [2.75, 3.05) is 0 Å². The Morgan fingerprint density at radius 2 is 2.35 bits per heavy atom. The van der Waals surface area contributed by atoms with Crippen molar-refractivity contribution in [1.82, 2.24) is 9.97 Å². The quantitative estimate of drug-likeness (QED) is 0.848. The highest BCUT2D eigenvalue weighted by Gasteiger charge is 2.29. The molecule has 0 aliphatic carbocycles. The van der Waals surface area contributed by atoms with E-state index < -0.39 is 0 Å². The largest absolute Gasteiger partial charge is 0.488 e. The van der Waals surface area contributed by atoms with E-state index in [2.05, 4.69) is 16.0 Å². The summed E-state index contributed by atoms with van der Waals surface area (Å²) in [4.78, 5) is 7.24. The van der Waals surface area contributed by atoms with E-state index in [-0.39, 0.29) is 11.5 Å². The molecule has 2 atom stereocenters. The van der Waals surface area contributed by atoms with Crippen molar-refractivity contribution >= 4 is 11.6 Å². The van der Waals surface area contributed by atoms with Crippen molar-refractivity contribution in [2.45, 2.75) is 24.3 Å². The van der Waals surface area contributed by atoms with Gasteiger partial charge in [-0.1, -0.05) is 18.2 Å². The van der Waals surface area contributed by atoms with Crippen molar-refractivity contribution in [2.24, 2.45) is 0 Å². The van der Waals surface area contributed by atoms with E-state index in [0.29, 0.717) is 6.42 Å². The number of para-hydroxylation sites is 1. The predicted molar refractivity (Wildman–Crippen MR) is 66.5 cm³/mol. The van der Waals surface area contributed by atoms with Crippen LogP contribution in [-0.4, -0.2) is 21.4 Å². The molecule has 0 fully saturated rings. The fraction of sp³-hybridized carbons (Fsp3) is 0.308. The molecule has 4 heteroatoms. The molecule has 1 aliphatic heterocycles. The van der Waals surface area contributed by atoms with Crippen LogP contribution in [0.2, 0.25) is 0 Å². The molecule has 2 unspecified atom stereocenters. The van der Waals surface area contributed by atoms with Crippen molar-refractivity contribution in [1.29, 1.82) is 0 Å². The van der Waals surface area contributed by atoms with E-state index in [1.807, 2.05) is 24.4 Å². The smallest absolute Gasteiger partial charge is 0.123 e. The molecule has 3 rings (SSSR count). The Kier molecular flexibility index (Phi) is 2.77. The van der Waals surface area contributed by atoms with Crippen LogP contribution < -0.4 is 4.74 Å². The summed E-state index contributed by atoms with van der Waals surface area (Å²) >= 11 is 6.38. The van der Waals surface area contributed by atoms with Crippen LogP contribution in [0.5, 0.6) is 5.75 Å². The van der Waals surface area contributed by atoms with Crippen molar-refractivity contribution in [3.8, 4) is 5.75 Å². The Morgan fingerprint density at radius 1 is 1.47 bits per heavy atom. The number of imidazole rings is 1. The Bertz CT molecular complexity index is 473. The van der Waals surface area contributed by atoms with Crippen LogP contribution in [0, 0.1) is 0 Å². The number of benzene rings is 1. The number of rotatable bonds is 3. The molecular formula is C13H13ClN2O. The Morgan fingerprint density at radius 3 is 3.12 bits per heavy atom. The molecule has 1 N–H and O–H groups in total. The van der Waals surface area contributed by atoms with Gasteiger partial charge in [0.15, 0.2) is 0 Å². The number of ether oxygens (including phenoxy) is 1. The molecule has 0 saturated carbocycles. The van der Waals surface area contributed by atoms with E-state index >= 15 is 0 Å². The molecule has 17 heavy (non-hydrogen) atoms. The highest BCUT2D eigenvalue weighted by Crippen LogP contribution is 2.31. The Hall–Kier alpha value is -1.48. The van der Waals surface area contributed by atoms with Crippen LogP contribution in [0.4, 0.5) is 0 Å². The summed E-state index contributed by atoms with van der Waals surface area (Å²) in [6, 6.07) is 8.09. The number of alkyl halides is 1. The summed E-state index contributed by atoms with van der Waals surface area (Å²) in [5, 5.41) is -0.0615. The lowest BCUT2D eigenvalue weighted by molar-refractivity contribution is 0.225. The minimum atomic E-state index is -0.0615. The highest BCUT2D eigenvalue weighted by atomic mass is 35.5. The minimum Gasteiger partial charge on any atom is -0.488 e. The van der Waals surface area contributed by atoms with Gasteiger partial charge in [-0.25, -0.2) is 4.98 Å². The molecule has 2 aromatic rings. The number of hydrogen-bond acceptors (Lipinski definition) is 2. The van der Waals surface area contributed by atoms with Gasteiger partial charge in [-0.05, 0) is 11.6 Å². The lowest BCUT2D eigenvalue weighted by Crippen LogP contribution is -2.27. The Balaban J connectivity index is 1.68. The lowest BCUT2D eigenvalue weighted by Gasteiger charge is -2.15. The van der Waals surface area contributed by atoms with Gasteiger partial charge in [-0.2, -0.15) is 0 Å². The average Bonchev–Trinajstić information content (AvgIpc) is 2.96. The third-order valence-corrected chi connectivity index (χ3v) is 3.45. The van der Waals surface area contributed by atoms with Crippen LogP contribution in [0.15, 0.2) is 36.7 Å². The molecule has 3 nitrogen and oxygen atoms in total. The molecule has 88 valence electrons. The van der Waals surface area contributed by atoms with Gasteiger partial charge in [0.2, 0.25) is 0 Å². The highest BCUT2D eigenvalue weighted by molar-refractivity contribution is 6.21. The first-order valence-corrected chi connectivity index (χ1v) is 6.13. The summed E-state index contributed by atoms with van der Waals surface area (Å²) in [5.41, 5.74) is 1.24. The molecule has 1 aromatic carbocycles. The maximum Gasteiger partial charge on any atom is 0.123 e. The zero-order valence-corrected chi connectivity index (χ0v) is 10.0. The molecular weight excluding hydrogens is 236 g/mol.